The van der Waals surface area contributed by atoms with Crippen LogP contribution in [0.4, 0.5) is 8.78 Å². The van der Waals surface area contributed by atoms with E-state index >= 15 is 0 Å². The summed E-state index contributed by atoms with van der Waals surface area (Å²) in [7, 11) is 0. The summed E-state index contributed by atoms with van der Waals surface area (Å²) in [5.74, 6) is -0.452. The third-order valence-electron chi connectivity index (χ3n) is 1.68. The summed E-state index contributed by atoms with van der Waals surface area (Å²) in [6.45, 7) is 0. The highest BCUT2D eigenvalue weighted by Crippen LogP contribution is 2.26. The lowest BCUT2D eigenvalue weighted by molar-refractivity contribution is 0.139. The Balaban J connectivity index is 2.84. The highest BCUT2D eigenvalue weighted by atomic mass is 79.9. The van der Waals surface area contributed by atoms with Gasteiger partial charge in [-0.2, -0.15) is 0 Å². The Morgan fingerprint density at radius 2 is 2.07 bits per heavy atom. The molecule has 0 saturated carbocycles. The lowest BCUT2D eigenvalue weighted by atomic mass is 10.4. The van der Waals surface area contributed by atoms with Gasteiger partial charge in [0.15, 0.2) is 5.65 Å². The smallest absolute Gasteiger partial charge is 0.263 e. The molecule has 0 atom stereocenters. The molecule has 3 nitrogen and oxygen atoms in total. The van der Waals surface area contributed by atoms with E-state index in [2.05, 4.69) is 26.1 Å². The van der Waals surface area contributed by atoms with E-state index in [1.165, 1.54) is 6.07 Å². The number of hydrogen-bond donors (Lipinski definition) is 0. The first kappa shape index (κ1) is 9.79. The van der Waals surface area contributed by atoms with Crippen LogP contribution < -0.4 is 0 Å². The first-order valence-corrected chi connectivity index (χ1v) is 4.75. The molecule has 0 aromatic carbocycles. The van der Waals surface area contributed by atoms with Gasteiger partial charge in [-0.15, -0.1) is 10.2 Å². The van der Waals surface area contributed by atoms with Crippen LogP contribution in [-0.2, 0) is 0 Å². The second-order valence-electron chi connectivity index (χ2n) is 2.52. The third kappa shape index (κ3) is 1.38. The maximum absolute atomic E-state index is 12.4. The van der Waals surface area contributed by atoms with Crippen molar-refractivity contribution < 1.29 is 8.78 Å². The molecular formula is C7H3BrClF2N3. The number of pyridine rings is 1. The quantitative estimate of drug-likeness (QED) is 0.752. The van der Waals surface area contributed by atoms with Crippen LogP contribution in [0.5, 0.6) is 0 Å². The second kappa shape index (κ2) is 3.43. The zero-order chi connectivity index (χ0) is 10.3. The molecule has 0 spiro atoms. The molecule has 0 amide bonds. The first-order chi connectivity index (χ1) is 6.61. The van der Waals surface area contributed by atoms with Gasteiger partial charge in [0.25, 0.3) is 6.43 Å². The van der Waals surface area contributed by atoms with E-state index in [9.17, 15) is 8.78 Å². The highest BCUT2D eigenvalue weighted by molar-refractivity contribution is 9.10. The summed E-state index contributed by atoms with van der Waals surface area (Å²) in [5.41, 5.74) is 0.285. The van der Waals surface area contributed by atoms with Crippen molar-refractivity contribution >= 4 is 33.2 Å². The Morgan fingerprint density at radius 3 is 2.71 bits per heavy atom. The number of hydrogen-bond acceptors (Lipinski definition) is 2. The zero-order valence-corrected chi connectivity index (χ0v) is 8.93. The van der Waals surface area contributed by atoms with E-state index in [0.29, 0.717) is 4.47 Å². The van der Waals surface area contributed by atoms with Gasteiger partial charge >= 0.3 is 0 Å². The Kier molecular flexibility index (Phi) is 2.40. The van der Waals surface area contributed by atoms with Crippen LogP contribution in [0.25, 0.3) is 5.65 Å². The maximum atomic E-state index is 12.4. The summed E-state index contributed by atoms with van der Waals surface area (Å²) in [5, 5.41) is 7.12. The molecule has 0 N–H and O–H groups in total. The van der Waals surface area contributed by atoms with Gasteiger partial charge in [-0.3, -0.25) is 4.40 Å². The minimum Gasteiger partial charge on any atom is -0.263 e. The van der Waals surface area contributed by atoms with Crippen LogP contribution in [0, 0.1) is 0 Å². The van der Waals surface area contributed by atoms with E-state index in [-0.39, 0.29) is 10.8 Å². The minimum atomic E-state index is -2.70. The lowest BCUT2D eigenvalue weighted by Crippen LogP contribution is -1.96. The van der Waals surface area contributed by atoms with Crippen molar-refractivity contribution in [2.24, 2.45) is 0 Å². The predicted octanol–water partition coefficient (Wildman–Crippen LogP) is 3.08. The van der Waals surface area contributed by atoms with E-state index in [0.717, 1.165) is 4.40 Å². The normalized spacial score (nSPS) is 11.5. The maximum Gasteiger partial charge on any atom is 0.297 e. The van der Waals surface area contributed by atoms with Crippen molar-refractivity contribution in [2.75, 3.05) is 0 Å². The van der Waals surface area contributed by atoms with Gasteiger partial charge in [0.2, 0.25) is 5.82 Å². The van der Waals surface area contributed by atoms with Gasteiger partial charge in [-0.25, -0.2) is 8.78 Å². The fourth-order valence-electron chi connectivity index (χ4n) is 1.09. The van der Waals surface area contributed by atoms with Gasteiger partial charge in [0, 0.05) is 0 Å². The third-order valence-corrected chi connectivity index (χ3v) is 2.59. The SMILES string of the molecule is FC(F)c1nnc2c(Br)ccc(Cl)n12. The number of aromatic nitrogens is 3. The molecule has 0 aliphatic carbocycles. The minimum absolute atomic E-state index is 0.156. The number of alkyl halides is 2. The van der Waals surface area contributed by atoms with E-state index in [1.807, 2.05) is 0 Å². The number of fused-ring (bicyclic) bond motifs is 1. The molecule has 7 heteroatoms. The molecule has 0 fully saturated rings. The van der Waals surface area contributed by atoms with Crippen LogP contribution in [0.3, 0.4) is 0 Å². The molecule has 2 aromatic heterocycles. The van der Waals surface area contributed by atoms with Crippen molar-refractivity contribution in [3.05, 3.63) is 27.6 Å². The van der Waals surface area contributed by atoms with Crippen LogP contribution in [-0.4, -0.2) is 14.6 Å². The molecule has 0 aliphatic heterocycles. The molecule has 74 valence electrons. The van der Waals surface area contributed by atoms with Crippen LogP contribution in [0.15, 0.2) is 16.6 Å². The fraction of sp³-hybridized carbons (Fsp3) is 0.143. The molecule has 0 saturated heterocycles. The first-order valence-electron chi connectivity index (χ1n) is 3.58. The average molecular weight is 282 g/mol. The topological polar surface area (TPSA) is 30.2 Å². The van der Waals surface area contributed by atoms with Crippen molar-refractivity contribution in [3.63, 3.8) is 0 Å². The van der Waals surface area contributed by atoms with Crippen molar-refractivity contribution in [3.8, 4) is 0 Å². The Labute approximate surface area is 90.8 Å². The average Bonchev–Trinajstić information content (AvgIpc) is 2.56. The van der Waals surface area contributed by atoms with E-state index in [4.69, 9.17) is 11.6 Å². The van der Waals surface area contributed by atoms with Gasteiger partial charge < -0.3 is 0 Å². The Bertz CT molecular complexity index is 485. The van der Waals surface area contributed by atoms with Crippen LogP contribution in [0.2, 0.25) is 5.15 Å². The highest BCUT2D eigenvalue weighted by Gasteiger charge is 2.18. The fourth-order valence-corrected chi connectivity index (χ4v) is 1.71. The predicted molar refractivity (Wildman–Crippen MR) is 50.7 cm³/mol. The van der Waals surface area contributed by atoms with Crippen molar-refractivity contribution in [1.29, 1.82) is 0 Å². The molecule has 2 aromatic rings. The number of rotatable bonds is 1. The molecular weight excluding hydrogens is 279 g/mol. The second-order valence-corrected chi connectivity index (χ2v) is 3.76. The molecule has 0 bridgehead atoms. The van der Waals surface area contributed by atoms with Gasteiger partial charge in [-0.05, 0) is 28.1 Å². The van der Waals surface area contributed by atoms with Gasteiger partial charge in [-0.1, -0.05) is 11.6 Å². The number of halogens is 4. The summed E-state index contributed by atoms with van der Waals surface area (Å²) in [6.07, 6.45) is -2.70. The molecule has 14 heavy (non-hydrogen) atoms. The van der Waals surface area contributed by atoms with Crippen LogP contribution >= 0.6 is 27.5 Å². The van der Waals surface area contributed by atoms with Gasteiger partial charge in [0.05, 0.1) is 4.47 Å². The molecule has 0 aliphatic rings. The molecule has 0 radical (unpaired) electrons. The molecule has 0 unspecified atom stereocenters. The van der Waals surface area contributed by atoms with E-state index in [1.54, 1.807) is 6.07 Å². The molecule has 2 heterocycles. The van der Waals surface area contributed by atoms with Crippen molar-refractivity contribution in [1.82, 2.24) is 14.6 Å². The van der Waals surface area contributed by atoms with Crippen molar-refractivity contribution in [2.45, 2.75) is 6.43 Å². The van der Waals surface area contributed by atoms with E-state index < -0.39 is 12.2 Å². The largest absolute Gasteiger partial charge is 0.297 e. The monoisotopic (exact) mass is 281 g/mol. The van der Waals surface area contributed by atoms with Gasteiger partial charge in [0.1, 0.15) is 5.15 Å². The Morgan fingerprint density at radius 1 is 1.36 bits per heavy atom. The molecule has 2 rings (SSSR count). The Hall–Kier alpha value is -0.750. The standard InChI is InChI=1S/C7H3BrClF2N3/c8-3-1-2-4(9)14-6(3)12-13-7(14)5(10)11/h1-2,5H. The lowest BCUT2D eigenvalue weighted by Gasteiger charge is -2.01. The number of nitrogens with zero attached hydrogens (tertiary/aromatic N) is 3. The summed E-state index contributed by atoms with van der Waals surface area (Å²) in [6, 6.07) is 3.12. The summed E-state index contributed by atoms with van der Waals surface area (Å²) >= 11 is 8.91. The zero-order valence-electron chi connectivity index (χ0n) is 6.59. The summed E-state index contributed by atoms with van der Waals surface area (Å²) in [4.78, 5) is 0. The van der Waals surface area contributed by atoms with Crippen LogP contribution in [0.1, 0.15) is 12.2 Å². The summed E-state index contributed by atoms with van der Waals surface area (Å²) < 4.78 is 26.6.